The predicted molar refractivity (Wildman–Crippen MR) is 83.5 cm³/mol. The van der Waals surface area contributed by atoms with Gasteiger partial charge in [0.1, 0.15) is 0 Å². The maximum atomic E-state index is 12.4. The highest BCUT2D eigenvalue weighted by Crippen LogP contribution is 2.24. The van der Waals surface area contributed by atoms with E-state index < -0.39 is 0 Å². The van der Waals surface area contributed by atoms with Crippen LogP contribution < -0.4 is 0 Å². The Bertz CT molecular complexity index is 545. The molecule has 7 heteroatoms. The molecule has 0 atom stereocenters. The zero-order chi connectivity index (χ0) is 15.4. The molecule has 0 radical (unpaired) electrons. The summed E-state index contributed by atoms with van der Waals surface area (Å²) in [5, 5.41) is 0.519. The van der Waals surface area contributed by atoms with Crippen molar-refractivity contribution < 1.29 is 14.3 Å². The Labute approximate surface area is 136 Å². The first-order valence-corrected chi connectivity index (χ1v) is 7.72. The van der Waals surface area contributed by atoms with Crippen LogP contribution in [-0.2, 0) is 9.53 Å². The van der Waals surface area contributed by atoms with Crippen molar-refractivity contribution in [2.24, 2.45) is 0 Å². The molecule has 114 valence electrons. The Balaban J connectivity index is 1.93. The lowest BCUT2D eigenvalue weighted by atomic mass is 10.2. The molecule has 1 amide bonds. The van der Waals surface area contributed by atoms with Gasteiger partial charge >= 0.3 is 5.97 Å². The quantitative estimate of drug-likeness (QED) is 0.759. The van der Waals surface area contributed by atoms with Crippen molar-refractivity contribution in [1.82, 2.24) is 9.80 Å². The summed E-state index contributed by atoms with van der Waals surface area (Å²) in [6, 6.07) is 5.18. The average molecular weight is 376 g/mol. The molecule has 1 heterocycles. The van der Waals surface area contributed by atoms with Crippen LogP contribution in [0.1, 0.15) is 10.4 Å². The monoisotopic (exact) mass is 374 g/mol. The van der Waals surface area contributed by atoms with E-state index in [1.807, 2.05) is 4.90 Å². The first-order valence-electron chi connectivity index (χ1n) is 6.54. The van der Waals surface area contributed by atoms with Gasteiger partial charge in [0, 0.05) is 36.2 Å². The zero-order valence-corrected chi connectivity index (χ0v) is 14.0. The Morgan fingerprint density at radius 2 is 1.95 bits per heavy atom. The van der Waals surface area contributed by atoms with Crippen molar-refractivity contribution in [1.29, 1.82) is 0 Å². The number of ether oxygens (including phenoxy) is 1. The maximum Gasteiger partial charge on any atom is 0.319 e. The van der Waals surface area contributed by atoms with Gasteiger partial charge in [0.05, 0.1) is 18.7 Å². The number of piperazine rings is 1. The number of benzene rings is 1. The molecule has 1 fully saturated rings. The Hall–Kier alpha value is -1.11. The molecular formula is C14H16BrClN2O3. The normalized spacial score (nSPS) is 15.9. The molecule has 0 spiro atoms. The third-order valence-electron chi connectivity index (χ3n) is 3.41. The minimum atomic E-state index is -0.255. The van der Waals surface area contributed by atoms with Crippen LogP contribution in [0.2, 0.25) is 5.02 Å². The lowest BCUT2D eigenvalue weighted by molar-refractivity contribution is -0.142. The standard InChI is InChI=1S/C14H16BrClN2O3/c1-21-13(19)9-17-4-6-18(7-5-17)14(20)10-2-3-11(15)12(16)8-10/h2-3,8H,4-7,9H2,1H3. The van der Waals surface area contributed by atoms with Crippen LogP contribution in [0.3, 0.4) is 0 Å². The van der Waals surface area contributed by atoms with Crippen LogP contribution >= 0.6 is 27.5 Å². The van der Waals surface area contributed by atoms with Gasteiger partial charge in [-0.15, -0.1) is 0 Å². The molecule has 0 bridgehead atoms. The van der Waals surface area contributed by atoms with Crippen molar-refractivity contribution in [3.8, 4) is 0 Å². The number of methoxy groups -OCH3 is 1. The topological polar surface area (TPSA) is 49.9 Å². The van der Waals surface area contributed by atoms with Crippen LogP contribution in [0.4, 0.5) is 0 Å². The zero-order valence-electron chi connectivity index (χ0n) is 11.6. The summed E-state index contributed by atoms with van der Waals surface area (Å²) in [4.78, 5) is 27.4. The van der Waals surface area contributed by atoms with Crippen molar-refractivity contribution in [3.05, 3.63) is 33.3 Å². The van der Waals surface area contributed by atoms with Crippen LogP contribution in [0.25, 0.3) is 0 Å². The van der Waals surface area contributed by atoms with Crippen molar-refractivity contribution in [3.63, 3.8) is 0 Å². The minimum absolute atomic E-state index is 0.0397. The number of carbonyl (C=O) groups excluding carboxylic acids is 2. The van der Waals surface area contributed by atoms with Crippen molar-refractivity contribution >= 4 is 39.4 Å². The first-order chi connectivity index (χ1) is 10.0. The Morgan fingerprint density at radius 1 is 1.29 bits per heavy atom. The van der Waals surface area contributed by atoms with Gasteiger partial charge in [-0.25, -0.2) is 0 Å². The van der Waals surface area contributed by atoms with E-state index in [1.54, 1.807) is 23.1 Å². The Morgan fingerprint density at radius 3 is 2.52 bits per heavy atom. The fraction of sp³-hybridized carbons (Fsp3) is 0.429. The van der Waals surface area contributed by atoms with Gasteiger partial charge in [-0.3, -0.25) is 14.5 Å². The van der Waals surface area contributed by atoms with Crippen LogP contribution in [0.5, 0.6) is 0 Å². The second-order valence-corrected chi connectivity index (χ2v) is 6.03. The summed E-state index contributed by atoms with van der Waals surface area (Å²) in [5.74, 6) is -0.295. The van der Waals surface area contributed by atoms with Crippen LogP contribution in [0.15, 0.2) is 22.7 Å². The first kappa shape index (κ1) is 16.3. The van der Waals surface area contributed by atoms with Crippen LogP contribution in [-0.4, -0.2) is 61.5 Å². The number of carbonyl (C=O) groups is 2. The summed E-state index contributed by atoms with van der Waals surface area (Å²) in [5.41, 5.74) is 0.574. The molecule has 1 aromatic rings. The van der Waals surface area contributed by atoms with Gasteiger partial charge in [0.15, 0.2) is 0 Å². The highest BCUT2D eigenvalue weighted by Gasteiger charge is 2.23. The number of hydrogen-bond acceptors (Lipinski definition) is 4. The van der Waals surface area contributed by atoms with Crippen molar-refractivity contribution in [2.45, 2.75) is 0 Å². The highest BCUT2D eigenvalue weighted by atomic mass is 79.9. The molecule has 0 aliphatic carbocycles. The fourth-order valence-electron chi connectivity index (χ4n) is 2.17. The van der Waals surface area contributed by atoms with Gasteiger partial charge in [-0.2, -0.15) is 0 Å². The molecule has 0 aromatic heterocycles. The van der Waals surface area contributed by atoms with E-state index in [4.69, 9.17) is 11.6 Å². The van der Waals surface area contributed by atoms with E-state index >= 15 is 0 Å². The smallest absolute Gasteiger partial charge is 0.319 e. The fourth-order valence-corrected chi connectivity index (χ4v) is 2.60. The second kappa shape index (κ2) is 7.24. The summed E-state index contributed by atoms with van der Waals surface area (Å²) in [6.45, 7) is 2.76. The van der Waals surface area contributed by atoms with E-state index in [1.165, 1.54) is 7.11 Å². The van der Waals surface area contributed by atoms with Crippen LogP contribution in [0, 0.1) is 0 Å². The summed E-state index contributed by atoms with van der Waals surface area (Å²) in [7, 11) is 1.37. The number of esters is 1. The minimum Gasteiger partial charge on any atom is -0.468 e. The summed E-state index contributed by atoms with van der Waals surface area (Å²) < 4.78 is 5.41. The van der Waals surface area contributed by atoms with Gasteiger partial charge in [-0.05, 0) is 34.1 Å². The number of rotatable bonds is 3. The van der Waals surface area contributed by atoms with E-state index in [2.05, 4.69) is 20.7 Å². The molecule has 0 unspecified atom stereocenters. The number of halogens is 2. The third kappa shape index (κ3) is 4.18. The van der Waals surface area contributed by atoms with Crippen molar-refractivity contribution in [2.75, 3.05) is 39.8 Å². The molecular weight excluding hydrogens is 360 g/mol. The number of amides is 1. The Kier molecular flexibility index (Phi) is 5.61. The molecule has 1 aliphatic rings. The number of nitrogens with zero attached hydrogens (tertiary/aromatic N) is 2. The molecule has 1 aliphatic heterocycles. The van der Waals surface area contributed by atoms with E-state index in [0.29, 0.717) is 36.8 Å². The molecule has 2 rings (SSSR count). The molecule has 0 saturated carbocycles. The van der Waals surface area contributed by atoms with E-state index in [9.17, 15) is 9.59 Å². The molecule has 21 heavy (non-hydrogen) atoms. The molecule has 1 saturated heterocycles. The molecule has 0 N–H and O–H groups in total. The van der Waals surface area contributed by atoms with Gasteiger partial charge in [0.25, 0.3) is 5.91 Å². The largest absolute Gasteiger partial charge is 0.468 e. The summed E-state index contributed by atoms with van der Waals surface area (Å²) >= 11 is 9.32. The second-order valence-electron chi connectivity index (χ2n) is 4.77. The number of hydrogen-bond donors (Lipinski definition) is 0. The highest BCUT2D eigenvalue weighted by molar-refractivity contribution is 9.10. The molecule has 5 nitrogen and oxygen atoms in total. The van der Waals surface area contributed by atoms with Gasteiger partial charge in [-0.1, -0.05) is 11.6 Å². The average Bonchev–Trinajstić information content (AvgIpc) is 2.50. The van der Waals surface area contributed by atoms with E-state index in [0.717, 1.165) is 4.47 Å². The molecule has 1 aromatic carbocycles. The maximum absolute atomic E-state index is 12.4. The SMILES string of the molecule is COC(=O)CN1CCN(C(=O)c2ccc(Br)c(Cl)c2)CC1. The summed E-state index contributed by atoms with van der Waals surface area (Å²) in [6.07, 6.45) is 0. The lowest BCUT2D eigenvalue weighted by Crippen LogP contribution is -2.50. The third-order valence-corrected chi connectivity index (χ3v) is 4.64. The van der Waals surface area contributed by atoms with E-state index in [-0.39, 0.29) is 18.4 Å². The van der Waals surface area contributed by atoms with Gasteiger partial charge in [0.2, 0.25) is 0 Å². The lowest BCUT2D eigenvalue weighted by Gasteiger charge is -2.34. The van der Waals surface area contributed by atoms with Gasteiger partial charge < -0.3 is 9.64 Å². The predicted octanol–water partition coefficient (Wildman–Crippen LogP) is 2.03.